The Morgan fingerprint density at radius 3 is 2.40 bits per heavy atom. The second-order valence-corrected chi connectivity index (χ2v) is 4.95. The zero-order valence-electron chi connectivity index (χ0n) is 9.67. The van der Waals surface area contributed by atoms with Crippen molar-refractivity contribution in [1.29, 1.82) is 0 Å². The van der Waals surface area contributed by atoms with Crippen LogP contribution in [0.5, 0.6) is 0 Å². The molecule has 0 saturated heterocycles. The third-order valence-corrected chi connectivity index (χ3v) is 3.91. The number of amides is 1. The Labute approximate surface area is 92.2 Å². The highest BCUT2D eigenvalue weighted by atomic mass is 16.2. The largest absolute Gasteiger partial charge is 0.342 e. The summed E-state index contributed by atoms with van der Waals surface area (Å²) in [4.78, 5) is 13.7. The lowest BCUT2D eigenvalue weighted by Gasteiger charge is -2.35. The monoisotopic (exact) mass is 210 g/mol. The van der Waals surface area contributed by atoms with Crippen LogP contribution in [0.1, 0.15) is 44.9 Å². The first-order valence-electron chi connectivity index (χ1n) is 6.26. The van der Waals surface area contributed by atoms with Crippen LogP contribution >= 0.6 is 0 Å². The van der Waals surface area contributed by atoms with E-state index in [1.54, 1.807) is 0 Å². The zero-order chi connectivity index (χ0) is 10.7. The van der Waals surface area contributed by atoms with Crippen LogP contribution in [0.4, 0.5) is 0 Å². The summed E-state index contributed by atoms with van der Waals surface area (Å²) in [6.45, 7) is 0.539. The normalized spacial score (nSPS) is 22.7. The van der Waals surface area contributed by atoms with Gasteiger partial charge in [0.1, 0.15) is 0 Å². The molecule has 2 saturated carbocycles. The Kier molecular flexibility index (Phi) is 3.62. The molecule has 0 spiro atoms. The maximum Gasteiger partial charge on any atom is 0.236 e. The molecule has 1 amide bonds. The first kappa shape index (κ1) is 10.9. The average Bonchev–Trinajstić information content (AvgIpc) is 2.63. The quantitative estimate of drug-likeness (QED) is 0.763. The molecule has 2 aliphatic carbocycles. The predicted molar refractivity (Wildman–Crippen MR) is 60.7 cm³/mol. The minimum atomic E-state index is 0.270. The van der Waals surface area contributed by atoms with Gasteiger partial charge in [-0.05, 0) is 32.1 Å². The molecule has 0 aromatic rings. The Bertz CT molecular complexity index is 220. The molecule has 0 aromatic carbocycles. The first-order valence-corrected chi connectivity index (χ1v) is 6.26. The fourth-order valence-electron chi connectivity index (χ4n) is 2.46. The van der Waals surface area contributed by atoms with Crippen LogP contribution in [0.15, 0.2) is 0 Å². The Morgan fingerprint density at radius 1 is 1.20 bits per heavy atom. The lowest BCUT2D eigenvalue weighted by molar-refractivity contribution is -0.132. The van der Waals surface area contributed by atoms with Gasteiger partial charge in [0.05, 0.1) is 6.54 Å². The molecule has 2 rings (SSSR count). The highest BCUT2D eigenvalue weighted by molar-refractivity contribution is 5.78. The molecule has 15 heavy (non-hydrogen) atoms. The lowest BCUT2D eigenvalue weighted by Crippen LogP contribution is -2.46. The molecule has 1 N–H and O–H groups in total. The summed E-state index contributed by atoms with van der Waals surface area (Å²) in [6.07, 6.45) is 8.84. The molecule has 0 unspecified atom stereocenters. The van der Waals surface area contributed by atoms with Crippen LogP contribution in [0.3, 0.4) is 0 Å². The van der Waals surface area contributed by atoms with E-state index in [0.29, 0.717) is 18.6 Å². The molecular weight excluding hydrogens is 188 g/mol. The molecule has 86 valence electrons. The Morgan fingerprint density at radius 2 is 1.87 bits per heavy atom. The smallest absolute Gasteiger partial charge is 0.236 e. The van der Waals surface area contributed by atoms with Crippen LogP contribution in [0.25, 0.3) is 0 Å². The summed E-state index contributed by atoms with van der Waals surface area (Å²) >= 11 is 0. The van der Waals surface area contributed by atoms with Crippen LogP contribution in [-0.4, -0.2) is 36.5 Å². The zero-order valence-corrected chi connectivity index (χ0v) is 9.67. The van der Waals surface area contributed by atoms with E-state index in [0.717, 1.165) is 0 Å². The second kappa shape index (κ2) is 4.97. The average molecular weight is 210 g/mol. The molecule has 0 bridgehead atoms. The number of nitrogens with one attached hydrogen (secondary N) is 1. The van der Waals surface area contributed by atoms with Gasteiger partial charge in [-0.3, -0.25) is 4.79 Å². The molecule has 0 radical (unpaired) electrons. The van der Waals surface area contributed by atoms with Crippen molar-refractivity contribution in [3.8, 4) is 0 Å². The maximum absolute atomic E-state index is 11.8. The number of nitrogens with zero attached hydrogens (tertiary/aromatic N) is 1. The molecule has 3 heteroatoms. The van der Waals surface area contributed by atoms with Gasteiger partial charge in [0.25, 0.3) is 0 Å². The molecule has 2 aliphatic rings. The van der Waals surface area contributed by atoms with E-state index >= 15 is 0 Å². The number of hydrogen-bond acceptors (Lipinski definition) is 2. The summed E-state index contributed by atoms with van der Waals surface area (Å²) in [5.41, 5.74) is 0. The maximum atomic E-state index is 11.8. The van der Waals surface area contributed by atoms with Gasteiger partial charge in [-0.25, -0.2) is 0 Å². The number of carbonyl (C=O) groups is 1. The number of carbonyl (C=O) groups excluding carboxylic acids is 1. The Hall–Kier alpha value is -0.570. The second-order valence-electron chi connectivity index (χ2n) is 4.95. The van der Waals surface area contributed by atoms with Gasteiger partial charge in [0, 0.05) is 19.1 Å². The summed E-state index contributed by atoms with van der Waals surface area (Å²) in [5, 5.41) is 3.37. The van der Waals surface area contributed by atoms with Crippen LogP contribution in [-0.2, 0) is 4.79 Å². The fourth-order valence-corrected chi connectivity index (χ4v) is 2.46. The first-order chi connectivity index (χ1) is 7.27. The standard InChI is InChI=1S/C12H22N2O/c1-14(11-7-4-8-11)12(15)9-13-10-5-2-3-6-10/h10-11,13H,2-9H2,1H3. The van der Waals surface area contributed by atoms with Crippen molar-refractivity contribution in [2.24, 2.45) is 0 Å². The molecule has 2 fully saturated rings. The van der Waals surface area contributed by atoms with Crippen molar-refractivity contribution < 1.29 is 4.79 Å². The number of hydrogen-bond donors (Lipinski definition) is 1. The third kappa shape index (κ3) is 2.71. The summed E-state index contributed by atoms with van der Waals surface area (Å²) < 4.78 is 0. The van der Waals surface area contributed by atoms with Gasteiger partial charge >= 0.3 is 0 Å². The number of likely N-dealkylation sites (N-methyl/N-ethyl adjacent to an activating group) is 1. The van der Waals surface area contributed by atoms with E-state index in [9.17, 15) is 4.79 Å². The third-order valence-electron chi connectivity index (χ3n) is 3.91. The molecule has 0 atom stereocenters. The highest BCUT2D eigenvalue weighted by Crippen LogP contribution is 2.23. The molecule has 0 aromatic heterocycles. The summed E-state index contributed by atoms with van der Waals surface area (Å²) in [7, 11) is 1.95. The van der Waals surface area contributed by atoms with Crippen molar-refractivity contribution in [3.63, 3.8) is 0 Å². The number of rotatable bonds is 4. The fraction of sp³-hybridized carbons (Fsp3) is 0.917. The predicted octanol–water partition coefficient (Wildman–Crippen LogP) is 1.53. The molecule has 0 heterocycles. The molecule has 3 nitrogen and oxygen atoms in total. The van der Waals surface area contributed by atoms with E-state index in [2.05, 4.69) is 5.32 Å². The van der Waals surface area contributed by atoms with E-state index in [1.807, 2.05) is 11.9 Å². The van der Waals surface area contributed by atoms with Crippen molar-refractivity contribution in [2.45, 2.75) is 57.0 Å². The van der Waals surface area contributed by atoms with Gasteiger partial charge in [-0.15, -0.1) is 0 Å². The SMILES string of the molecule is CN(C(=O)CNC1CCCC1)C1CCC1. The highest BCUT2D eigenvalue weighted by Gasteiger charge is 2.25. The summed E-state index contributed by atoms with van der Waals surface area (Å²) in [6, 6.07) is 1.13. The van der Waals surface area contributed by atoms with E-state index in [-0.39, 0.29) is 5.91 Å². The van der Waals surface area contributed by atoms with Gasteiger partial charge in [0.2, 0.25) is 5.91 Å². The van der Waals surface area contributed by atoms with Crippen LogP contribution in [0, 0.1) is 0 Å². The van der Waals surface area contributed by atoms with E-state index in [4.69, 9.17) is 0 Å². The molecule has 0 aliphatic heterocycles. The van der Waals surface area contributed by atoms with Gasteiger partial charge in [-0.2, -0.15) is 0 Å². The molecular formula is C12H22N2O. The minimum Gasteiger partial charge on any atom is -0.342 e. The van der Waals surface area contributed by atoms with Crippen LogP contribution in [0.2, 0.25) is 0 Å². The lowest BCUT2D eigenvalue weighted by atomic mass is 9.92. The van der Waals surface area contributed by atoms with Crippen molar-refractivity contribution >= 4 is 5.91 Å². The van der Waals surface area contributed by atoms with Crippen molar-refractivity contribution in [2.75, 3.05) is 13.6 Å². The topological polar surface area (TPSA) is 32.3 Å². The van der Waals surface area contributed by atoms with Gasteiger partial charge < -0.3 is 10.2 Å². The van der Waals surface area contributed by atoms with Crippen molar-refractivity contribution in [1.82, 2.24) is 10.2 Å². The van der Waals surface area contributed by atoms with E-state index in [1.165, 1.54) is 44.9 Å². The van der Waals surface area contributed by atoms with Gasteiger partial charge in [-0.1, -0.05) is 12.8 Å². The van der Waals surface area contributed by atoms with Gasteiger partial charge in [0.15, 0.2) is 0 Å². The Balaban J connectivity index is 1.66. The summed E-state index contributed by atoms with van der Waals surface area (Å²) in [5.74, 6) is 0.270. The van der Waals surface area contributed by atoms with Crippen LogP contribution < -0.4 is 5.32 Å². The minimum absolute atomic E-state index is 0.270. The van der Waals surface area contributed by atoms with E-state index < -0.39 is 0 Å². The van der Waals surface area contributed by atoms with Crippen molar-refractivity contribution in [3.05, 3.63) is 0 Å².